The summed E-state index contributed by atoms with van der Waals surface area (Å²) in [5.41, 5.74) is 1.37. The molecule has 1 aliphatic rings. The molecule has 29 heavy (non-hydrogen) atoms. The number of hydrogen-bond acceptors (Lipinski definition) is 4. The van der Waals surface area contributed by atoms with Gasteiger partial charge in [-0.3, -0.25) is 14.4 Å². The van der Waals surface area contributed by atoms with E-state index in [-0.39, 0.29) is 29.9 Å². The number of rotatable bonds is 6. The molecule has 1 heterocycles. The molecular weight excluding hydrogens is 415 g/mol. The lowest BCUT2D eigenvalue weighted by Crippen LogP contribution is -2.30. The number of ether oxygens (including phenoxy) is 1. The molecule has 2 aromatic rings. The first-order chi connectivity index (χ1) is 13.8. The maximum atomic E-state index is 12.4. The van der Waals surface area contributed by atoms with Gasteiger partial charge in [0.25, 0.3) is 5.91 Å². The number of esters is 1. The molecule has 2 amide bonds. The number of nitrogens with zero attached hydrogens (tertiary/aromatic N) is 1. The molecule has 0 radical (unpaired) electrons. The highest BCUT2D eigenvalue weighted by Gasteiger charge is 2.38. The van der Waals surface area contributed by atoms with E-state index in [1.165, 1.54) is 6.07 Å². The van der Waals surface area contributed by atoms with E-state index >= 15 is 0 Å². The maximum Gasteiger partial charge on any atom is 0.311 e. The van der Waals surface area contributed by atoms with E-state index in [4.69, 9.17) is 27.9 Å². The lowest BCUT2D eigenvalue weighted by molar-refractivity contribution is -0.151. The molecule has 1 N–H and O–H groups in total. The van der Waals surface area contributed by atoms with Crippen molar-refractivity contribution in [3.63, 3.8) is 0 Å². The SMILES string of the molecule is C[C@@H](c1ccccc1)N1C[C@@H](C(=O)OCC(=O)Nc2ccc(Cl)cc2Cl)CC1=O. The van der Waals surface area contributed by atoms with E-state index in [0.29, 0.717) is 10.7 Å². The van der Waals surface area contributed by atoms with Crippen LogP contribution in [-0.4, -0.2) is 35.8 Å². The number of anilines is 1. The Labute approximate surface area is 178 Å². The highest BCUT2D eigenvalue weighted by Crippen LogP contribution is 2.29. The Morgan fingerprint density at radius 3 is 2.62 bits per heavy atom. The molecule has 0 unspecified atom stereocenters. The minimum atomic E-state index is -0.597. The highest BCUT2D eigenvalue weighted by atomic mass is 35.5. The van der Waals surface area contributed by atoms with Crippen LogP contribution in [0.5, 0.6) is 0 Å². The van der Waals surface area contributed by atoms with Crippen molar-refractivity contribution in [2.45, 2.75) is 19.4 Å². The van der Waals surface area contributed by atoms with E-state index in [2.05, 4.69) is 5.32 Å². The van der Waals surface area contributed by atoms with Gasteiger partial charge in [0, 0.05) is 18.0 Å². The number of benzene rings is 2. The van der Waals surface area contributed by atoms with Crippen LogP contribution in [0, 0.1) is 5.92 Å². The number of likely N-dealkylation sites (tertiary alicyclic amines) is 1. The van der Waals surface area contributed by atoms with Crippen LogP contribution in [0.3, 0.4) is 0 Å². The van der Waals surface area contributed by atoms with E-state index in [1.54, 1.807) is 17.0 Å². The Hall–Kier alpha value is -2.57. The van der Waals surface area contributed by atoms with Gasteiger partial charge in [0.05, 0.1) is 22.7 Å². The molecule has 2 aromatic carbocycles. The summed E-state index contributed by atoms with van der Waals surface area (Å²) in [6.45, 7) is 1.72. The summed E-state index contributed by atoms with van der Waals surface area (Å²) in [6.07, 6.45) is 0.0701. The van der Waals surface area contributed by atoms with Crippen molar-refractivity contribution < 1.29 is 19.1 Å². The van der Waals surface area contributed by atoms with Gasteiger partial charge < -0.3 is 15.0 Å². The molecular formula is C21H20Cl2N2O4. The van der Waals surface area contributed by atoms with Crippen LogP contribution >= 0.6 is 23.2 Å². The van der Waals surface area contributed by atoms with Gasteiger partial charge in [0.2, 0.25) is 5.91 Å². The zero-order valence-electron chi connectivity index (χ0n) is 15.7. The fourth-order valence-corrected chi connectivity index (χ4v) is 3.66. The van der Waals surface area contributed by atoms with Crippen molar-refractivity contribution in [1.29, 1.82) is 0 Å². The van der Waals surface area contributed by atoms with Crippen LogP contribution < -0.4 is 5.32 Å². The Morgan fingerprint density at radius 2 is 1.93 bits per heavy atom. The largest absolute Gasteiger partial charge is 0.455 e. The summed E-state index contributed by atoms with van der Waals surface area (Å²) in [5.74, 6) is -1.80. The van der Waals surface area contributed by atoms with Crippen molar-refractivity contribution in [2.75, 3.05) is 18.5 Å². The number of nitrogens with one attached hydrogen (secondary N) is 1. The molecule has 0 bridgehead atoms. The fourth-order valence-electron chi connectivity index (χ4n) is 3.21. The zero-order chi connectivity index (χ0) is 21.0. The lowest BCUT2D eigenvalue weighted by Gasteiger charge is -2.25. The summed E-state index contributed by atoms with van der Waals surface area (Å²) < 4.78 is 5.11. The summed E-state index contributed by atoms with van der Waals surface area (Å²) >= 11 is 11.8. The second-order valence-electron chi connectivity index (χ2n) is 6.81. The van der Waals surface area contributed by atoms with Crippen molar-refractivity contribution >= 4 is 46.7 Å². The smallest absolute Gasteiger partial charge is 0.311 e. The molecule has 8 heteroatoms. The molecule has 0 saturated carbocycles. The molecule has 1 fully saturated rings. The number of halogens is 2. The minimum Gasteiger partial charge on any atom is -0.455 e. The van der Waals surface area contributed by atoms with E-state index in [1.807, 2.05) is 37.3 Å². The molecule has 152 valence electrons. The van der Waals surface area contributed by atoms with Gasteiger partial charge in [-0.25, -0.2) is 0 Å². The Bertz CT molecular complexity index is 920. The van der Waals surface area contributed by atoms with E-state index in [0.717, 1.165) is 5.56 Å². The molecule has 1 aliphatic heterocycles. The van der Waals surface area contributed by atoms with Crippen LogP contribution in [0.1, 0.15) is 24.9 Å². The van der Waals surface area contributed by atoms with Gasteiger partial charge in [-0.2, -0.15) is 0 Å². The number of carbonyl (C=O) groups excluding carboxylic acids is 3. The number of amides is 2. The summed E-state index contributed by atoms with van der Waals surface area (Å²) in [4.78, 5) is 38.4. The Kier molecular flexibility index (Phi) is 6.77. The third kappa shape index (κ3) is 5.28. The van der Waals surface area contributed by atoms with Crippen molar-refractivity contribution in [3.05, 3.63) is 64.1 Å². The average Bonchev–Trinajstić information content (AvgIpc) is 3.10. The highest BCUT2D eigenvalue weighted by molar-refractivity contribution is 6.36. The van der Waals surface area contributed by atoms with Gasteiger partial charge in [-0.1, -0.05) is 53.5 Å². The Balaban J connectivity index is 1.52. The summed E-state index contributed by atoms with van der Waals surface area (Å²) in [5, 5.41) is 3.28. The normalized spacial score (nSPS) is 17.1. The van der Waals surface area contributed by atoms with Gasteiger partial charge >= 0.3 is 5.97 Å². The second-order valence-corrected chi connectivity index (χ2v) is 7.66. The van der Waals surface area contributed by atoms with Crippen LogP contribution in [0.2, 0.25) is 10.0 Å². The molecule has 2 atom stereocenters. The monoisotopic (exact) mass is 434 g/mol. The first-order valence-corrected chi connectivity index (χ1v) is 9.86. The lowest BCUT2D eigenvalue weighted by atomic mass is 10.1. The second kappa shape index (κ2) is 9.29. The predicted octanol–water partition coefficient (Wildman–Crippen LogP) is 4.08. The maximum absolute atomic E-state index is 12.4. The van der Waals surface area contributed by atoms with Gasteiger partial charge in [-0.15, -0.1) is 0 Å². The van der Waals surface area contributed by atoms with Crippen molar-refractivity contribution in [3.8, 4) is 0 Å². The topological polar surface area (TPSA) is 75.7 Å². The van der Waals surface area contributed by atoms with Gasteiger partial charge in [-0.05, 0) is 30.7 Å². The quantitative estimate of drug-likeness (QED) is 0.694. The van der Waals surface area contributed by atoms with Crippen molar-refractivity contribution in [1.82, 2.24) is 4.90 Å². The minimum absolute atomic E-state index is 0.0701. The first kappa shape index (κ1) is 21.1. The standard InChI is InChI=1S/C21H20Cl2N2O4/c1-13(14-5-3-2-4-6-14)25-11-15(9-20(25)27)21(28)29-12-19(26)24-18-8-7-16(22)10-17(18)23/h2-8,10,13,15H,9,11-12H2,1H3,(H,24,26)/t13-,15-/m0/s1. The van der Waals surface area contributed by atoms with Crippen LogP contribution in [0.4, 0.5) is 5.69 Å². The van der Waals surface area contributed by atoms with Gasteiger partial charge in [0.1, 0.15) is 0 Å². The Morgan fingerprint density at radius 1 is 1.21 bits per heavy atom. The number of carbonyl (C=O) groups is 3. The first-order valence-electron chi connectivity index (χ1n) is 9.11. The number of hydrogen-bond donors (Lipinski definition) is 1. The third-order valence-corrected chi connectivity index (χ3v) is 5.34. The molecule has 1 saturated heterocycles. The fraction of sp³-hybridized carbons (Fsp3) is 0.286. The summed E-state index contributed by atoms with van der Waals surface area (Å²) in [6, 6.07) is 14.1. The van der Waals surface area contributed by atoms with E-state index in [9.17, 15) is 14.4 Å². The third-order valence-electron chi connectivity index (χ3n) is 4.79. The molecule has 0 spiro atoms. The molecule has 0 aliphatic carbocycles. The van der Waals surface area contributed by atoms with Crippen LogP contribution in [0.15, 0.2) is 48.5 Å². The molecule has 3 rings (SSSR count). The molecule has 0 aromatic heterocycles. The van der Waals surface area contributed by atoms with Crippen molar-refractivity contribution in [2.24, 2.45) is 5.92 Å². The van der Waals surface area contributed by atoms with Crippen LogP contribution in [0.25, 0.3) is 0 Å². The van der Waals surface area contributed by atoms with Gasteiger partial charge in [0.15, 0.2) is 6.61 Å². The van der Waals surface area contributed by atoms with E-state index < -0.39 is 24.4 Å². The average molecular weight is 435 g/mol. The molecule has 6 nitrogen and oxygen atoms in total. The predicted molar refractivity (Wildman–Crippen MR) is 111 cm³/mol. The zero-order valence-corrected chi connectivity index (χ0v) is 17.2. The van der Waals surface area contributed by atoms with Crippen LogP contribution in [-0.2, 0) is 19.1 Å². The summed E-state index contributed by atoms with van der Waals surface area (Å²) in [7, 11) is 0.